The Balaban J connectivity index is 1.55. The summed E-state index contributed by atoms with van der Waals surface area (Å²) in [7, 11) is 1.93. The molecular formula is C20H22N4O2. The molecule has 0 aliphatic heterocycles. The van der Waals surface area contributed by atoms with Crippen LogP contribution in [-0.4, -0.2) is 27.2 Å². The number of hydrogen-bond donors (Lipinski definition) is 1. The number of rotatable bonds is 6. The van der Waals surface area contributed by atoms with Crippen LogP contribution in [0.2, 0.25) is 0 Å². The number of nitrogens with one attached hydrogen (secondary N) is 1. The van der Waals surface area contributed by atoms with Crippen molar-refractivity contribution in [3.8, 4) is 11.6 Å². The fourth-order valence-corrected chi connectivity index (χ4v) is 2.77. The lowest BCUT2D eigenvalue weighted by atomic mass is 10.1. The van der Waals surface area contributed by atoms with Gasteiger partial charge in [0.25, 0.3) is 5.91 Å². The second kappa shape index (κ2) is 7.82. The van der Waals surface area contributed by atoms with Crippen LogP contribution < -0.4 is 10.1 Å². The normalized spacial score (nSPS) is 10.6. The molecule has 0 bridgehead atoms. The average Bonchev–Trinajstić information content (AvgIpc) is 2.89. The van der Waals surface area contributed by atoms with Crippen molar-refractivity contribution in [2.24, 2.45) is 7.05 Å². The molecule has 6 heteroatoms. The lowest BCUT2D eigenvalue weighted by molar-refractivity contribution is 0.0953. The first kappa shape index (κ1) is 17.7. The zero-order valence-electron chi connectivity index (χ0n) is 15.2. The van der Waals surface area contributed by atoms with Crippen LogP contribution in [0, 0.1) is 13.8 Å². The highest BCUT2D eigenvalue weighted by molar-refractivity contribution is 5.93. The Morgan fingerprint density at radius 3 is 2.54 bits per heavy atom. The van der Waals surface area contributed by atoms with Gasteiger partial charge >= 0.3 is 0 Å². The zero-order valence-corrected chi connectivity index (χ0v) is 15.2. The van der Waals surface area contributed by atoms with E-state index >= 15 is 0 Å². The lowest BCUT2D eigenvalue weighted by Crippen LogP contribution is -2.26. The number of nitrogens with zero attached hydrogens (tertiary/aromatic N) is 3. The maximum Gasteiger partial charge on any atom is 0.252 e. The van der Waals surface area contributed by atoms with Gasteiger partial charge in [-0.1, -0.05) is 18.2 Å². The van der Waals surface area contributed by atoms with E-state index in [0.29, 0.717) is 23.7 Å². The molecule has 1 N–H and O–H groups in total. The third-order valence-corrected chi connectivity index (χ3v) is 4.28. The van der Waals surface area contributed by atoms with Gasteiger partial charge in [0.05, 0.1) is 11.3 Å². The zero-order chi connectivity index (χ0) is 18.5. The summed E-state index contributed by atoms with van der Waals surface area (Å²) in [6.07, 6.45) is 2.27. The van der Waals surface area contributed by atoms with Crippen molar-refractivity contribution >= 4 is 5.91 Å². The number of hydrogen-bond acceptors (Lipinski definition) is 4. The Hall–Kier alpha value is -3.15. The fourth-order valence-electron chi connectivity index (χ4n) is 2.77. The van der Waals surface area contributed by atoms with E-state index < -0.39 is 0 Å². The van der Waals surface area contributed by atoms with E-state index in [1.54, 1.807) is 12.1 Å². The van der Waals surface area contributed by atoms with Gasteiger partial charge in [-0.2, -0.15) is 5.10 Å². The maximum atomic E-state index is 12.3. The first-order valence-electron chi connectivity index (χ1n) is 8.51. The summed E-state index contributed by atoms with van der Waals surface area (Å²) < 4.78 is 7.49. The van der Waals surface area contributed by atoms with Gasteiger partial charge in [-0.25, -0.2) is 4.98 Å². The molecule has 0 spiro atoms. The van der Waals surface area contributed by atoms with E-state index in [1.165, 1.54) is 11.8 Å². The van der Waals surface area contributed by atoms with Gasteiger partial charge in [0.2, 0.25) is 5.88 Å². The van der Waals surface area contributed by atoms with Gasteiger partial charge in [-0.15, -0.1) is 0 Å². The minimum Gasteiger partial charge on any atom is -0.439 e. The number of carbonyl (C=O) groups excluding carboxylic acids is 1. The molecule has 3 aromatic rings. The predicted octanol–water partition coefficient (Wildman–Crippen LogP) is 3.20. The number of pyridine rings is 1. The third-order valence-electron chi connectivity index (χ3n) is 4.28. The largest absolute Gasteiger partial charge is 0.439 e. The van der Waals surface area contributed by atoms with Crippen LogP contribution in [0.3, 0.4) is 0 Å². The van der Waals surface area contributed by atoms with Crippen molar-refractivity contribution in [3.63, 3.8) is 0 Å². The summed E-state index contributed by atoms with van der Waals surface area (Å²) >= 11 is 0. The van der Waals surface area contributed by atoms with E-state index in [1.807, 2.05) is 55.9 Å². The van der Waals surface area contributed by atoms with Crippen LogP contribution in [0.1, 0.15) is 27.3 Å². The van der Waals surface area contributed by atoms with Crippen LogP contribution in [0.5, 0.6) is 11.6 Å². The van der Waals surface area contributed by atoms with E-state index in [-0.39, 0.29) is 5.91 Å². The number of para-hydroxylation sites is 1. The van der Waals surface area contributed by atoms with Gasteiger partial charge in [-0.05, 0) is 44.0 Å². The standard InChI is InChI=1S/C20H22N4O2/c1-14-18(15(2)24(3)23-14)11-12-21-20(25)16-9-10-19(22-13-16)26-17-7-5-4-6-8-17/h4-10,13H,11-12H2,1-3H3,(H,21,25). The summed E-state index contributed by atoms with van der Waals surface area (Å²) in [5.41, 5.74) is 3.81. The second-order valence-electron chi connectivity index (χ2n) is 6.08. The molecule has 2 heterocycles. The Morgan fingerprint density at radius 2 is 1.92 bits per heavy atom. The van der Waals surface area contributed by atoms with Crippen molar-refractivity contribution in [3.05, 3.63) is 71.2 Å². The smallest absolute Gasteiger partial charge is 0.252 e. The van der Waals surface area contributed by atoms with Crippen molar-refractivity contribution < 1.29 is 9.53 Å². The van der Waals surface area contributed by atoms with E-state index in [9.17, 15) is 4.79 Å². The molecule has 0 aliphatic carbocycles. The number of benzene rings is 1. The van der Waals surface area contributed by atoms with Gasteiger partial charge in [0.1, 0.15) is 5.75 Å². The Bertz CT molecular complexity index is 886. The molecule has 26 heavy (non-hydrogen) atoms. The molecule has 2 aromatic heterocycles. The average molecular weight is 350 g/mol. The summed E-state index contributed by atoms with van der Waals surface area (Å²) in [5.74, 6) is 1.01. The van der Waals surface area contributed by atoms with Crippen molar-refractivity contribution in [1.82, 2.24) is 20.1 Å². The van der Waals surface area contributed by atoms with Gasteiger partial charge in [0, 0.05) is 31.5 Å². The second-order valence-corrected chi connectivity index (χ2v) is 6.08. The highest BCUT2D eigenvalue weighted by Crippen LogP contribution is 2.18. The van der Waals surface area contributed by atoms with E-state index in [0.717, 1.165) is 17.8 Å². The van der Waals surface area contributed by atoms with Crippen molar-refractivity contribution in [1.29, 1.82) is 0 Å². The van der Waals surface area contributed by atoms with Crippen molar-refractivity contribution in [2.75, 3.05) is 6.54 Å². The number of ether oxygens (including phenoxy) is 1. The molecule has 0 aliphatic rings. The fraction of sp³-hybridized carbons (Fsp3) is 0.250. The van der Waals surface area contributed by atoms with Crippen LogP contribution in [0.25, 0.3) is 0 Å². The first-order valence-corrected chi connectivity index (χ1v) is 8.51. The van der Waals surface area contributed by atoms with Gasteiger partial charge in [-0.3, -0.25) is 9.48 Å². The molecule has 0 saturated carbocycles. The number of aromatic nitrogens is 3. The summed E-state index contributed by atoms with van der Waals surface area (Å²) in [6.45, 7) is 4.57. The van der Waals surface area contributed by atoms with Crippen LogP contribution >= 0.6 is 0 Å². The molecule has 0 saturated heterocycles. The molecule has 0 fully saturated rings. The predicted molar refractivity (Wildman–Crippen MR) is 99.5 cm³/mol. The molecule has 3 rings (SSSR count). The van der Waals surface area contributed by atoms with Crippen molar-refractivity contribution in [2.45, 2.75) is 20.3 Å². The molecule has 1 amide bonds. The third kappa shape index (κ3) is 4.08. The number of carbonyl (C=O) groups is 1. The molecular weight excluding hydrogens is 328 g/mol. The quantitative estimate of drug-likeness (QED) is 0.741. The maximum absolute atomic E-state index is 12.3. The summed E-state index contributed by atoms with van der Waals surface area (Å²) in [4.78, 5) is 16.5. The molecule has 0 atom stereocenters. The first-order chi connectivity index (χ1) is 12.5. The van der Waals surface area contributed by atoms with E-state index in [2.05, 4.69) is 15.4 Å². The Labute approximate surface area is 152 Å². The lowest BCUT2D eigenvalue weighted by Gasteiger charge is -2.07. The SMILES string of the molecule is Cc1nn(C)c(C)c1CCNC(=O)c1ccc(Oc2ccccc2)nc1. The molecule has 1 aromatic carbocycles. The van der Waals surface area contributed by atoms with Gasteiger partial charge in [0.15, 0.2) is 0 Å². The molecule has 134 valence electrons. The topological polar surface area (TPSA) is 69.0 Å². The monoisotopic (exact) mass is 350 g/mol. The molecule has 0 unspecified atom stereocenters. The van der Waals surface area contributed by atoms with Gasteiger partial charge < -0.3 is 10.1 Å². The van der Waals surface area contributed by atoms with Crippen LogP contribution in [0.4, 0.5) is 0 Å². The van der Waals surface area contributed by atoms with E-state index in [4.69, 9.17) is 4.74 Å². The molecule has 6 nitrogen and oxygen atoms in total. The number of aryl methyl sites for hydroxylation is 2. The summed E-state index contributed by atoms with van der Waals surface area (Å²) in [6, 6.07) is 12.8. The Kier molecular flexibility index (Phi) is 5.31. The number of amides is 1. The molecule has 0 radical (unpaired) electrons. The highest BCUT2D eigenvalue weighted by Gasteiger charge is 2.11. The highest BCUT2D eigenvalue weighted by atomic mass is 16.5. The minimum atomic E-state index is -0.150. The van der Waals surface area contributed by atoms with Crippen LogP contribution in [-0.2, 0) is 13.5 Å². The van der Waals surface area contributed by atoms with Crippen LogP contribution in [0.15, 0.2) is 48.7 Å². The minimum absolute atomic E-state index is 0.150. The summed E-state index contributed by atoms with van der Waals surface area (Å²) in [5, 5.41) is 7.31. The Morgan fingerprint density at radius 1 is 1.15 bits per heavy atom.